The number of amides is 1. The van der Waals surface area contributed by atoms with Crippen LogP contribution in [0.1, 0.15) is 36.3 Å². The minimum atomic E-state index is -0.124. The summed E-state index contributed by atoms with van der Waals surface area (Å²) in [6.07, 6.45) is 2.56. The molecule has 1 aromatic rings. The molecule has 0 spiro atoms. The van der Waals surface area contributed by atoms with Crippen LogP contribution in [0.3, 0.4) is 0 Å². The molecule has 1 aliphatic rings. The Morgan fingerprint density at radius 2 is 2.25 bits per heavy atom. The van der Waals surface area contributed by atoms with Crippen LogP contribution in [0.15, 0.2) is 12.3 Å². The SMILES string of the molecule is Cc1cc(N)c(C(=O)NC2CC2(C)C)cn1. The fourth-order valence-electron chi connectivity index (χ4n) is 1.72. The highest BCUT2D eigenvalue weighted by Gasteiger charge is 2.46. The van der Waals surface area contributed by atoms with Crippen molar-refractivity contribution < 1.29 is 4.79 Å². The summed E-state index contributed by atoms with van der Waals surface area (Å²) < 4.78 is 0. The third-order valence-electron chi connectivity index (χ3n) is 3.14. The van der Waals surface area contributed by atoms with Gasteiger partial charge in [-0.1, -0.05) is 13.8 Å². The first-order chi connectivity index (χ1) is 7.40. The van der Waals surface area contributed by atoms with Crippen LogP contribution in [0.5, 0.6) is 0 Å². The summed E-state index contributed by atoms with van der Waals surface area (Å²) >= 11 is 0. The maximum atomic E-state index is 11.9. The van der Waals surface area contributed by atoms with Crippen molar-refractivity contribution in [1.82, 2.24) is 10.3 Å². The molecule has 0 aliphatic heterocycles. The van der Waals surface area contributed by atoms with Crippen molar-refractivity contribution in [1.29, 1.82) is 0 Å². The molecule has 1 aromatic heterocycles. The van der Waals surface area contributed by atoms with Gasteiger partial charge in [0.25, 0.3) is 5.91 Å². The molecule has 1 atom stereocenters. The Bertz CT molecular complexity index is 440. The van der Waals surface area contributed by atoms with Crippen LogP contribution < -0.4 is 11.1 Å². The molecule has 1 aliphatic carbocycles. The van der Waals surface area contributed by atoms with Gasteiger partial charge in [-0.3, -0.25) is 9.78 Å². The van der Waals surface area contributed by atoms with Gasteiger partial charge in [0.1, 0.15) is 0 Å². The highest BCUT2D eigenvalue weighted by Crippen LogP contribution is 2.44. The monoisotopic (exact) mass is 219 g/mol. The smallest absolute Gasteiger partial charge is 0.255 e. The molecule has 3 N–H and O–H groups in total. The Labute approximate surface area is 95.3 Å². The average Bonchev–Trinajstić information content (AvgIpc) is 2.72. The van der Waals surface area contributed by atoms with E-state index in [1.54, 1.807) is 6.07 Å². The van der Waals surface area contributed by atoms with Gasteiger partial charge < -0.3 is 11.1 Å². The number of nitrogens with one attached hydrogen (secondary N) is 1. The van der Waals surface area contributed by atoms with Crippen molar-refractivity contribution in [3.8, 4) is 0 Å². The maximum Gasteiger partial charge on any atom is 0.255 e. The minimum Gasteiger partial charge on any atom is -0.398 e. The number of nitrogens with two attached hydrogens (primary N) is 1. The third-order valence-corrected chi connectivity index (χ3v) is 3.14. The molecule has 1 heterocycles. The van der Waals surface area contributed by atoms with E-state index in [9.17, 15) is 4.79 Å². The van der Waals surface area contributed by atoms with Crippen molar-refractivity contribution in [3.63, 3.8) is 0 Å². The minimum absolute atomic E-state index is 0.124. The summed E-state index contributed by atoms with van der Waals surface area (Å²) in [6.45, 7) is 6.12. The molecule has 0 radical (unpaired) electrons. The molecule has 0 aromatic carbocycles. The van der Waals surface area contributed by atoms with Gasteiger partial charge in [0.2, 0.25) is 0 Å². The lowest BCUT2D eigenvalue weighted by Crippen LogP contribution is -2.29. The summed E-state index contributed by atoms with van der Waals surface area (Å²) in [4.78, 5) is 16.0. The van der Waals surface area contributed by atoms with E-state index in [2.05, 4.69) is 24.1 Å². The average molecular weight is 219 g/mol. The quantitative estimate of drug-likeness (QED) is 0.792. The summed E-state index contributed by atoms with van der Waals surface area (Å²) in [5.41, 5.74) is 7.79. The van der Waals surface area contributed by atoms with Crippen molar-refractivity contribution in [2.45, 2.75) is 33.2 Å². The number of carbonyl (C=O) groups is 1. The summed E-state index contributed by atoms with van der Waals surface area (Å²) in [7, 11) is 0. The zero-order chi connectivity index (χ0) is 11.9. The van der Waals surface area contributed by atoms with E-state index in [1.807, 2.05) is 6.92 Å². The number of nitrogen functional groups attached to an aromatic ring is 1. The van der Waals surface area contributed by atoms with E-state index >= 15 is 0 Å². The van der Waals surface area contributed by atoms with E-state index in [4.69, 9.17) is 5.73 Å². The predicted molar refractivity (Wildman–Crippen MR) is 63.0 cm³/mol. The fraction of sp³-hybridized carbons (Fsp3) is 0.500. The maximum absolute atomic E-state index is 11.9. The largest absolute Gasteiger partial charge is 0.398 e. The highest BCUT2D eigenvalue weighted by atomic mass is 16.1. The van der Waals surface area contributed by atoms with Crippen LogP contribution >= 0.6 is 0 Å². The first-order valence-electron chi connectivity index (χ1n) is 5.43. The molecule has 1 saturated carbocycles. The van der Waals surface area contributed by atoms with Crippen molar-refractivity contribution in [2.75, 3.05) is 5.73 Å². The van der Waals surface area contributed by atoms with Crippen LogP contribution in [0, 0.1) is 12.3 Å². The van der Waals surface area contributed by atoms with Crippen molar-refractivity contribution in [2.24, 2.45) is 5.41 Å². The second-order valence-corrected chi connectivity index (χ2v) is 5.13. The highest BCUT2D eigenvalue weighted by molar-refractivity contribution is 5.99. The summed E-state index contributed by atoms with van der Waals surface area (Å²) in [6, 6.07) is 1.98. The molecular formula is C12H17N3O. The number of pyridine rings is 1. The number of hydrogen-bond acceptors (Lipinski definition) is 3. The Balaban J connectivity index is 2.10. The number of carbonyl (C=O) groups excluding carboxylic acids is 1. The third kappa shape index (κ3) is 2.01. The van der Waals surface area contributed by atoms with E-state index in [0.717, 1.165) is 12.1 Å². The van der Waals surface area contributed by atoms with Gasteiger partial charge in [-0.25, -0.2) is 0 Å². The Hall–Kier alpha value is -1.58. The van der Waals surface area contributed by atoms with Crippen LogP contribution in [0.2, 0.25) is 0 Å². The van der Waals surface area contributed by atoms with Gasteiger partial charge in [0.15, 0.2) is 0 Å². The predicted octanol–water partition coefficient (Wildman–Crippen LogP) is 1.50. The normalized spacial score (nSPS) is 21.6. The Kier molecular flexibility index (Phi) is 2.37. The van der Waals surface area contributed by atoms with E-state index in [-0.39, 0.29) is 17.4 Å². The molecule has 0 saturated heterocycles. The van der Waals surface area contributed by atoms with E-state index in [0.29, 0.717) is 11.3 Å². The zero-order valence-corrected chi connectivity index (χ0v) is 9.87. The van der Waals surface area contributed by atoms with Gasteiger partial charge in [-0.05, 0) is 24.8 Å². The van der Waals surface area contributed by atoms with Crippen molar-refractivity contribution in [3.05, 3.63) is 23.5 Å². The zero-order valence-electron chi connectivity index (χ0n) is 9.87. The van der Waals surface area contributed by atoms with E-state index < -0.39 is 0 Å². The lowest BCUT2D eigenvalue weighted by atomic mass is 10.1. The topological polar surface area (TPSA) is 68.0 Å². The summed E-state index contributed by atoms with van der Waals surface area (Å²) in [5.74, 6) is -0.124. The van der Waals surface area contributed by atoms with E-state index in [1.165, 1.54) is 6.20 Å². The van der Waals surface area contributed by atoms with Gasteiger partial charge >= 0.3 is 0 Å². The Morgan fingerprint density at radius 3 is 2.75 bits per heavy atom. The lowest BCUT2D eigenvalue weighted by Gasteiger charge is -2.08. The Morgan fingerprint density at radius 1 is 1.62 bits per heavy atom. The first-order valence-corrected chi connectivity index (χ1v) is 5.43. The van der Waals surface area contributed by atoms with Gasteiger partial charge in [0.05, 0.1) is 5.56 Å². The molecule has 4 heteroatoms. The van der Waals surface area contributed by atoms with Gasteiger partial charge in [0, 0.05) is 23.6 Å². The molecule has 16 heavy (non-hydrogen) atoms. The molecule has 1 amide bonds. The molecule has 1 fully saturated rings. The second kappa shape index (κ2) is 3.47. The number of aryl methyl sites for hydroxylation is 1. The molecule has 2 rings (SSSR count). The van der Waals surface area contributed by atoms with Crippen LogP contribution in [-0.4, -0.2) is 16.9 Å². The van der Waals surface area contributed by atoms with Crippen molar-refractivity contribution >= 4 is 11.6 Å². The molecule has 1 unspecified atom stereocenters. The van der Waals surface area contributed by atoms with Gasteiger partial charge in [-0.15, -0.1) is 0 Å². The number of hydrogen-bond donors (Lipinski definition) is 2. The molecule has 4 nitrogen and oxygen atoms in total. The van der Waals surface area contributed by atoms with Crippen LogP contribution in [0.25, 0.3) is 0 Å². The lowest BCUT2D eigenvalue weighted by molar-refractivity contribution is 0.0947. The molecule has 86 valence electrons. The number of aromatic nitrogens is 1. The van der Waals surface area contributed by atoms with Gasteiger partial charge in [-0.2, -0.15) is 0 Å². The van der Waals surface area contributed by atoms with Crippen LogP contribution in [-0.2, 0) is 0 Å². The number of rotatable bonds is 2. The molecular weight excluding hydrogens is 202 g/mol. The number of anilines is 1. The second-order valence-electron chi connectivity index (χ2n) is 5.13. The molecule has 0 bridgehead atoms. The number of nitrogens with zero attached hydrogens (tertiary/aromatic N) is 1. The van der Waals surface area contributed by atoms with Crippen LogP contribution in [0.4, 0.5) is 5.69 Å². The fourth-order valence-corrected chi connectivity index (χ4v) is 1.72. The first kappa shape index (κ1) is 10.9. The standard InChI is InChI=1S/C12H17N3O/c1-7-4-9(13)8(6-14-7)11(16)15-10-5-12(10,2)3/h4,6,10H,5H2,1-3H3,(H2,13,14)(H,15,16). The summed E-state index contributed by atoms with van der Waals surface area (Å²) in [5, 5.41) is 2.96.